The summed E-state index contributed by atoms with van der Waals surface area (Å²) in [6.07, 6.45) is 2.70. The molecule has 0 atom stereocenters. The molecule has 6 heteroatoms. The van der Waals surface area contributed by atoms with Gasteiger partial charge in [0.05, 0.1) is 23.8 Å². The minimum atomic E-state index is -0.561. The summed E-state index contributed by atoms with van der Waals surface area (Å²) in [6, 6.07) is 16.1. The predicted octanol–water partition coefficient (Wildman–Crippen LogP) is 2.88. The van der Waals surface area contributed by atoms with Gasteiger partial charge in [-0.05, 0) is 24.3 Å². The Bertz CT molecular complexity index is 726. The van der Waals surface area contributed by atoms with Crippen LogP contribution < -0.4 is 10.1 Å². The number of nitrogens with zero attached hydrogens (tertiary/aromatic N) is 3. The third kappa shape index (κ3) is 3.06. The summed E-state index contributed by atoms with van der Waals surface area (Å²) >= 11 is 0. The molecule has 0 unspecified atom stereocenters. The molecule has 0 saturated carbocycles. The Morgan fingerprint density at radius 3 is 2.57 bits per heavy atom. The molecular weight excluding hydrogens is 268 g/mol. The average Bonchev–Trinajstić information content (AvgIpc) is 3.03. The first kappa shape index (κ1) is 12.9. The minimum Gasteiger partial charge on any atom is -0.410 e. The maximum absolute atomic E-state index is 11.9. The second kappa shape index (κ2) is 5.87. The summed E-state index contributed by atoms with van der Waals surface area (Å²) in [4.78, 5) is 11.9. The highest BCUT2D eigenvalue weighted by molar-refractivity contribution is 5.88. The number of hydrogen-bond donors (Lipinski definition) is 1. The molecule has 21 heavy (non-hydrogen) atoms. The number of aromatic nitrogens is 3. The van der Waals surface area contributed by atoms with E-state index in [1.54, 1.807) is 47.4 Å². The maximum atomic E-state index is 11.9. The monoisotopic (exact) mass is 280 g/mol. The number of amides is 1. The zero-order chi connectivity index (χ0) is 14.5. The van der Waals surface area contributed by atoms with Gasteiger partial charge in [-0.3, -0.25) is 5.32 Å². The van der Waals surface area contributed by atoms with Crippen LogP contribution in [0.15, 0.2) is 67.0 Å². The van der Waals surface area contributed by atoms with Crippen LogP contribution in [-0.4, -0.2) is 21.1 Å². The summed E-state index contributed by atoms with van der Waals surface area (Å²) in [5.74, 6) is 0.480. The van der Waals surface area contributed by atoms with Gasteiger partial charge >= 0.3 is 6.09 Å². The van der Waals surface area contributed by atoms with Gasteiger partial charge in [-0.2, -0.15) is 0 Å². The van der Waals surface area contributed by atoms with E-state index >= 15 is 0 Å². The van der Waals surface area contributed by atoms with Crippen molar-refractivity contribution in [1.29, 1.82) is 0 Å². The van der Waals surface area contributed by atoms with Crippen molar-refractivity contribution in [3.63, 3.8) is 0 Å². The molecular formula is C15H12N4O2. The smallest absolute Gasteiger partial charge is 0.410 e. The molecule has 0 saturated heterocycles. The van der Waals surface area contributed by atoms with Gasteiger partial charge in [-0.1, -0.05) is 35.5 Å². The molecule has 0 spiro atoms. The lowest BCUT2D eigenvalue weighted by Gasteiger charge is -2.10. The summed E-state index contributed by atoms with van der Waals surface area (Å²) in [6.45, 7) is 0. The molecule has 1 N–H and O–H groups in total. The molecule has 3 rings (SSSR count). The number of rotatable bonds is 3. The summed E-state index contributed by atoms with van der Waals surface area (Å²) in [7, 11) is 0. The number of hydrogen-bond acceptors (Lipinski definition) is 4. The van der Waals surface area contributed by atoms with Gasteiger partial charge in [-0.25, -0.2) is 9.48 Å². The summed E-state index contributed by atoms with van der Waals surface area (Å²) in [5.41, 5.74) is 1.30. The van der Waals surface area contributed by atoms with Crippen molar-refractivity contribution in [2.24, 2.45) is 0 Å². The van der Waals surface area contributed by atoms with E-state index in [9.17, 15) is 4.79 Å². The zero-order valence-corrected chi connectivity index (χ0v) is 11.0. The van der Waals surface area contributed by atoms with Crippen molar-refractivity contribution in [3.05, 3.63) is 67.0 Å². The third-order valence-corrected chi connectivity index (χ3v) is 2.76. The van der Waals surface area contributed by atoms with Crippen LogP contribution in [0, 0.1) is 0 Å². The first-order chi connectivity index (χ1) is 10.3. The van der Waals surface area contributed by atoms with Gasteiger partial charge in [0.1, 0.15) is 5.75 Å². The molecule has 1 amide bonds. The highest BCUT2D eigenvalue weighted by Crippen LogP contribution is 2.19. The maximum Gasteiger partial charge on any atom is 0.417 e. The van der Waals surface area contributed by atoms with Gasteiger partial charge in [0.2, 0.25) is 0 Å². The second-order valence-electron chi connectivity index (χ2n) is 4.19. The largest absolute Gasteiger partial charge is 0.417 e. The number of anilines is 1. The van der Waals surface area contributed by atoms with Crippen molar-refractivity contribution >= 4 is 11.8 Å². The number of carbonyl (C=O) groups excluding carboxylic acids is 1. The van der Waals surface area contributed by atoms with E-state index in [-0.39, 0.29) is 0 Å². The normalized spacial score (nSPS) is 10.1. The molecule has 1 heterocycles. The summed E-state index contributed by atoms with van der Waals surface area (Å²) in [5, 5.41) is 10.4. The molecule has 0 aliphatic heterocycles. The van der Waals surface area contributed by atoms with Crippen LogP contribution in [0.2, 0.25) is 0 Å². The van der Waals surface area contributed by atoms with Crippen LogP contribution in [0.5, 0.6) is 5.75 Å². The minimum absolute atomic E-state index is 0.480. The fourth-order valence-electron chi connectivity index (χ4n) is 1.85. The predicted molar refractivity (Wildman–Crippen MR) is 77.4 cm³/mol. The lowest BCUT2D eigenvalue weighted by Crippen LogP contribution is -2.18. The molecule has 1 aromatic heterocycles. The first-order valence-electron chi connectivity index (χ1n) is 6.32. The van der Waals surface area contributed by atoms with Crippen LogP contribution >= 0.6 is 0 Å². The molecule has 0 radical (unpaired) electrons. The van der Waals surface area contributed by atoms with E-state index in [4.69, 9.17) is 4.74 Å². The van der Waals surface area contributed by atoms with Crippen molar-refractivity contribution in [2.45, 2.75) is 0 Å². The van der Waals surface area contributed by atoms with E-state index < -0.39 is 6.09 Å². The van der Waals surface area contributed by atoms with Crippen LogP contribution in [0.3, 0.4) is 0 Å². The number of para-hydroxylation sites is 3. The highest BCUT2D eigenvalue weighted by Gasteiger charge is 2.09. The number of carbonyl (C=O) groups is 1. The van der Waals surface area contributed by atoms with E-state index in [2.05, 4.69) is 15.6 Å². The number of benzene rings is 2. The van der Waals surface area contributed by atoms with E-state index in [1.165, 1.54) is 0 Å². The molecule has 3 aromatic rings. The van der Waals surface area contributed by atoms with Crippen LogP contribution in [0.1, 0.15) is 0 Å². The van der Waals surface area contributed by atoms with Gasteiger partial charge < -0.3 is 4.74 Å². The first-order valence-corrected chi connectivity index (χ1v) is 6.32. The Morgan fingerprint density at radius 2 is 1.81 bits per heavy atom. The molecule has 0 aliphatic rings. The fourth-order valence-corrected chi connectivity index (χ4v) is 1.85. The average molecular weight is 280 g/mol. The molecule has 6 nitrogen and oxygen atoms in total. The molecule has 2 aromatic carbocycles. The quantitative estimate of drug-likeness (QED) is 0.801. The zero-order valence-electron chi connectivity index (χ0n) is 11.0. The molecule has 104 valence electrons. The van der Waals surface area contributed by atoms with Crippen LogP contribution in [-0.2, 0) is 0 Å². The highest BCUT2D eigenvalue weighted by atomic mass is 16.6. The van der Waals surface area contributed by atoms with Gasteiger partial charge in [0.25, 0.3) is 0 Å². The molecule has 0 aliphatic carbocycles. The Morgan fingerprint density at radius 1 is 1.05 bits per heavy atom. The van der Waals surface area contributed by atoms with E-state index in [1.807, 2.05) is 24.3 Å². The van der Waals surface area contributed by atoms with Gasteiger partial charge in [0, 0.05) is 0 Å². The van der Waals surface area contributed by atoms with Crippen molar-refractivity contribution in [1.82, 2.24) is 15.0 Å². The number of ether oxygens (including phenoxy) is 1. The topological polar surface area (TPSA) is 69.0 Å². The Hall–Kier alpha value is -3.15. The second-order valence-corrected chi connectivity index (χ2v) is 4.19. The Balaban J connectivity index is 1.78. The number of nitrogens with one attached hydrogen (secondary N) is 1. The van der Waals surface area contributed by atoms with Crippen molar-refractivity contribution in [3.8, 4) is 11.4 Å². The van der Waals surface area contributed by atoms with Gasteiger partial charge in [-0.15, -0.1) is 5.10 Å². The van der Waals surface area contributed by atoms with Gasteiger partial charge in [0.15, 0.2) is 0 Å². The third-order valence-electron chi connectivity index (χ3n) is 2.76. The van der Waals surface area contributed by atoms with E-state index in [0.717, 1.165) is 0 Å². The molecule has 0 fully saturated rings. The Labute approximate surface area is 121 Å². The van der Waals surface area contributed by atoms with Crippen molar-refractivity contribution < 1.29 is 9.53 Å². The van der Waals surface area contributed by atoms with E-state index in [0.29, 0.717) is 17.1 Å². The molecule has 0 bridgehead atoms. The summed E-state index contributed by atoms with van der Waals surface area (Å²) < 4.78 is 6.76. The van der Waals surface area contributed by atoms with Crippen molar-refractivity contribution in [2.75, 3.05) is 5.32 Å². The van der Waals surface area contributed by atoms with Crippen LogP contribution in [0.25, 0.3) is 5.69 Å². The standard InChI is InChI=1S/C15H12N4O2/c20-15(21-12-6-2-1-3-7-12)17-13-8-4-5-9-14(13)19-11-10-16-18-19/h1-11H,(H,17,20). The lowest BCUT2D eigenvalue weighted by atomic mass is 10.2. The fraction of sp³-hybridized carbons (Fsp3) is 0. The Kier molecular flexibility index (Phi) is 3.60. The van der Waals surface area contributed by atoms with Crippen LogP contribution in [0.4, 0.5) is 10.5 Å². The SMILES string of the molecule is O=C(Nc1ccccc1-n1ccnn1)Oc1ccccc1. The lowest BCUT2D eigenvalue weighted by molar-refractivity contribution is 0.215.